The molecule has 3 heterocycles. The molecule has 0 amide bonds. The van der Waals surface area contributed by atoms with Crippen molar-refractivity contribution in [3.8, 4) is 5.75 Å². The lowest BCUT2D eigenvalue weighted by molar-refractivity contribution is -0.183. The van der Waals surface area contributed by atoms with E-state index in [1.54, 1.807) is 4.90 Å². The smallest absolute Gasteiger partial charge is 0.413 e. The number of halogens is 4. The third kappa shape index (κ3) is 4.12. The van der Waals surface area contributed by atoms with E-state index in [4.69, 9.17) is 9.47 Å². The van der Waals surface area contributed by atoms with Crippen molar-refractivity contribution in [2.45, 2.75) is 31.3 Å². The molecule has 0 bridgehead atoms. The third-order valence-electron chi connectivity index (χ3n) is 6.13. The summed E-state index contributed by atoms with van der Waals surface area (Å²) in [6.07, 6.45) is -6.21. The molecule has 1 saturated heterocycles. The summed E-state index contributed by atoms with van der Waals surface area (Å²) < 4.78 is 67.6. The van der Waals surface area contributed by atoms with Gasteiger partial charge in [0.2, 0.25) is 5.95 Å². The molecule has 0 radical (unpaired) electrons. The van der Waals surface area contributed by atoms with Gasteiger partial charge in [0.1, 0.15) is 23.5 Å². The van der Waals surface area contributed by atoms with Crippen LogP contribution in [-0.4, -0.2) is 66.3 Å². The number of hydrogen-bond donors (Lipinski definition) is 1. The highest BCUT2D eigenvalue weighted by Gasteiger charge is 2.60. The Labute approximate surface area is 187 Å². The Morgan fingerprint density at radius 1 is 1.27 bits per heavy atom. The summed E-state index contributed by atoms with van der Waals surface area (Å²) in [4.78, 5) is 19.8. The van der Waals surface area contributed by atoms with Crippen LogP contribution in [0.3, 0.4) is 0 Å². The van der Waals surface area contributed by atoms with Crippen molar-refractivity contribution in [3.05, 3.63) is 46.0 Å². The van der Waals surface area contributed by atoms with Crippen LogP contribution in [-0.2, 0) is 11.3 Å². The van der Waals surface area contributed by atoms with Gasteiger partial charge < -0.3 is 24.4 Å². The molecule has 0 spiro atoms. The van der Waals surface area contributed by atoms with Gasteiger partial charge in [-0.3, -0.25) is 9.36 Å². The topological polar surface area (TPSA) is 80.1 Å². The number of alkyl halides is 3. The monoisotopic (exact) mass is 472 g/mol. The van der Waals surface area contributed by atoms with E-state index in [9.17, 15) is 27.5 Å². The molecule has 12 heteroatoms. The summed E-state index contributed by atoms with van der Waals surface area (Å²) in [6.45, 7) is 1.46. The number of β-amino-alcohol motifs (C(OH)–C–C–N with tert-alkyl or cyclic N) is 1. The van der Waals surface area contributed by atoms with Crippen LogP contribution in [0, 0.1) is 5.82 Å². The average Bonchev–Trinajstić information content (AvgIpc) is 3.07. The summed E-state index contributed by atoms with van der Waals surface area (Å²) in [5, 5.41) is 10.8. The van der Waals surface area contributed by atoms with Crippen molar-refractivity contribution >= 4 is 11.8 Å². The molecule has 1 N–H and O–H groups in total. The first-order chi connectivity index (χ1) is 15.5. The minimum Gasteiger partial charge on any atom is -0.496 e. The average molecular weight is 472 g/mol. The Bertz CT molecular complexity index is 1090. The molecule has 180 valence electrons. The number of nitrogens with zero attached hydrogens (tertiary/aromatic N) is 4. The van der Waals surface area contributed by atoms with Gasteiger partial charge in [0.05, 0.1) is 33.4 Å². The number of aliphatic hydroxyl groups is 1. The second kappa shape index (κ2) is 8.49. The summed E-state index contributed by atoms with van der Waals surface area (Å²) in [5.74, 6) is -0.551. The molecule has 0 aliphatic carbocycles. The van der Waals surface area contributed by atoms with E-state index in [2.05, 4.69) is 4.98 Å². The van der Waals surface area contributed by atoms with Gasteiger partial charge in [0, 0.05) is 30.8 Å². The zero-order valence-corrected chi connectivity index (χ0v) is 18.1. The van der Waals surface area contributed by atoms with Crippen molar-refractivity contribution in [2.75, 3.05) is 49.8 Å². The molecule has 4 rings (SSSR count). The molecule has 8 nitrogen and oxygen atoms in total. The molecule has 33 heavy (non-hydrogen) atoms. The van der Waals surface area contributed by atoms with Crippen LogP contribution in [0.1, 0.15) is 18.6 Å². The highest BCUT2D eigenvalue weighted by atomic mass is 19.4. The fourth-order valence-corrected chi connectivity index (χ4v) is 4.16. The van der Waals surface area contributed by atoms with Gasteiger partial charge in [-0.05, 0) is 19.1 Å². The lowest BCUT2D eigenvalue weighted by Gasteiger charge is -2.38. The van der Waals surface area contributed by atoms with Crippen LogP contribution in [0.25, 0.3) is 0 Å². The molecule has 2 aliphatic rings. The van der Waals surface area contributed by atoms with Crippen molar-refractivity contribution in [1.82, 2.24) is 9.55 Å². The van der Waals surface area contributed by atoms with Crippen molar-refractivity contribution in [1.29, 1.82) is 0 Å². The predicted octanol–water partition coefficient (Wildman–Crippen LogP) is 2.10. The van der Waals surface area contributed by atoms with Gasteiger partial charge >= 0.3 is 6.18 Å². The minimum absolute atomic E-state index is 0.00262. The number of aliphatic hydroxyl groups excluding tert-OH is 1. The number of hydrogen-bond acceptors (Lipinski definition) is 7. The number of aromatic nitrogens is 2. The van der Waals surface area contributed by atoms with E-state index >= 15 is 0 Å². The molecule has 1 aromatic carbocycles. The maximum absolute atomic E-state index is 14.2. The van der Waals surface area contributed by atoms with Gasteiger partial charge in [-0.15, -0.1) is 0 Å². The summed E-state index contributed by atoms with van der Waals surface area (Å²) in [6, 6.07) is 4.60. The summed E-state index contributed by atoms with van der Waals surface area (Å²) >= 11 is 0. The zero-order chi connectivity index (χ0) is 24.0. The van der Waals surface area contributed by atoms with Gasteiger partial charge in [-0.2, -0.15) is 18.2 Å². The normalized spacial score (nSPS) is 21.8. The molecule has 2 aliphatic heterocycles. The van der Waals surface area contributed by atoms with Crippen LogP contribution in [0.2, 0.25) is 0 Å². The standard InChI is InChI=1S/C21H24F4N4O4/c1-20(21(23,24)25)12-28-18(31)10-17(27-5-7-33-8-6-27)26-19(28)29(20)11-15(30)14-4-3-13(22)9-16(14)32-2/h3-4,9-10,15,30H,5-8,11-12H2,1-2H3/t15-,20+/m1/s1. The Balaban J connectivity index is 1.76. The van der Waals surface area contributed by atoms with Crippen molar-refractivity contribution < 1.29 is 32.1 Å². The van der Waals surface area contributed by atoms with E-state index < -0.39 is 42.3 Å². The van der Waals surface area contributed by atoms with Crippen LogP contribution in [0.15, 0.2) is 29.1 Å². The van der Waals surface area contributed by atoms with E-state index in [-0.39, 0.29) is 23.1 Å². The quantitative estimate of drug-likeness (QED) is 0.668. The van der Waals surface area contributed by atoms with Crippen LogP contribution in [0.4, 0.5) is 29.3 Å². The molecule has 2 aromatic rings. The lowest BCUT2D eigenvalue weighted by atomic mass is 9.99. The number of rotatable bonds is 5. The predicted molar refractivity (Wildman–Crippen MR) is 111 cm³/mol. The number of methoxy groups -OCH3 is 1. The Kier molecular flexibility index (Phi) is 5.99. The largest absolute Gasteiger partial charge is 0.496 e. The maximum atomic E-state index is 14.2. The summed E-state index contributed by atoms with van der Waals surface area (Å²) in [7, 11) is 1.27. The van der Waals surface area contributed by atoms with Crippen LogP contribution < -0.4 is 20.1 Å². The van der Waals surface area contributed by atoms with Crippen LogP contribution in [0.5, 0.6) is 5.75 Å². The minimum atomic E-state index is -4.74. The van der Waals surface area contributed by atoms with Gasteiger partial charge in [0.25, 0.3) is 5.56 Å². The maximum Gasteiger partial charge on any atom is 0.413 e. The fourth-order valence-electron chi connectivity index (χ4n) is 4.16. The lowest BCUT2D eigenvalue weighted by Crippen LogP contribution is -2.57. The number of benzene rings is 1. The van der Waals surface area contributed by atoms with Crippen LogP contribution >= 0.6 is 0 Å². The molecule has 0 unspecified atom stereocenters. The van der Waals surface area contributed by atoms with Gasteiger partial charge in [-0.1, -0.05) is 0 Å². The fraction of sp³-hybridized carbons (Fsp3) is 0.524. The summed E-state index contributed by atoms with van der Waals surface area (Å²) in [5.41, 5.74) is -2.99. The molecule has 0 saturated carbocycles. The van der Waals surface area contributed by atoms with Gasteiger partial charge in [-0.25, -0.2) is 4.39 Å². The molecular weight excluding hydrogens is 448 g/mol. The second-order valence-electron chi connectivity index (χ2n) is 8.22. The molecule has 1 aromatic heterocycles. The number of ether oxygens (including phenoxy) is 2. The number of anilines is 2. The molecule has 1 fully saturated rings. The second-order valence-corrected chi connectivity index (χ2v) is 8.22. The van der Waals surface area contributed by atoms with Crippen molar-refractivity contribution in [3.63, 3.8) is 0 Å². The zero-order valence-electron chi connectivity index (χ0n) is 18.1. The van der Waals surface area contributed by atoms with Crippen molar-refractivity contribution in [2.24, 2.45) is 0 Å². The van der Waals surface area contributed by atoms with E-state index in [1.165, 1.54) is 19.2 Å². The Hall–Kier alpha value is -2.86. The first kappa shape index (κ1) is 23.3. The van der Waals surface area contributed by atoms with E-state index in [0.717, 1.165) is 28.5 Å². The number of fused-ring (bicyclic) bond motifs is 1. The Morgan fingerprint density at radius 3 is 2.61 bits per heavy atom. The highest BCUT2D eigenvalue weighted by molar-refractivity contribution is 5.50. The Morgan fingerprint density at radius 2 is 1.97 bits per heavy atom. The molecule has 2 atom stereocenters. The third-order valence-corrected chi connectivity index (χ3v) is 6.13. The van der Waals surface area contributed by atoms with Gasteiger partial charge in [0.15, 0.2) is 5.54 Å². The number of morpholine rings is 1. The van der Waals surface area contributed by atoms with E-state index in [1.807, 2.05) is 0 Å². The highest BCUT2D eigenvalue weighted by Crippen LogP contribution is 2.44. The molecular formula is C21H24F4N4O4. The SMILES string of the molecule is COc1cc(F)ccc1[C@H](O)CN1c2nc(N3CCOCC3)cc(=O)n2C[C@@]1(C)C(F)(F)F. The first-order valence-corrected chi connectivity index (χ1v) is 10.4. The first-order valence-electron chi connectivity index (χ1n) is 10.4. The van der Waals surface area contributed by atoms with E-state index in [0.29, 0.717) is 26.3 Å².